The number of phenols is 1. The molecule has 0 aliphatic carbocycles. The van der Waals surface area contributed by atoms with E-state index in [-0.39, 0.29) is 5.69 Å². The lowest BCUT2D eigenvalue weighted by atomic mass is 10.2. The molecule has 18 heavy (non-hydrogen) atoms. The maximum absolute atomic E-state index is 10.6. The number of nitrogens with zero attached hydrogens (tertiary/aromatic N) is 2. The number of rotatable bonds is 4. The highest BCUT2D eigenvalue weighted by atomic mass is 16.7. The van der Waals surface area contributed by atoms with Crippen LogP contribution in [0.2, 0.25) is 0 Å². The van der Waals surface area contributed by atoms with Gasteiger partial charge in [0, 0.05) is 19.1 Å². The number of aromatic hydroxyl groups is 1. The molecule has 10 heteroatoms. The smallest absolute Gasteiger partial charge is 0.329 e. The number of hydrogen-bond donors (Lipinski definition) is 2. The van der Waals surface area contributed by atoms with Crippen LogP contribution in [-0.4, -0.2) is 20.9 Å². The number of nitro benzene ring substituents is 2. The molecular weight excluding hydrogens is 250 g/mol. The van der Waals surface area contributed by atoms with E-state index in [4.69, 9.17) is 0 Å². The van der Waals surface area contributed by atoms with Crippen LogP contribution in [0.1, 0.15) is 6.92 Å². The van der Waals surface area contributed by atoms with E-state index in [1.54, 1.807) is 0 Å². The van der Waals surface area contributed by atoms with Gasteiger partial charge in [-0.3, -0.25) is 25.0 Å². The minimum Gasteiger partial charge on any atom is -0.497 e. The molecule has 0 radical (unpaired) electrons. The summed E-state index contributed by atoms with van der Waals surface area (Å²) in [5.41, 5.74) is 0.0332. The summed E-state index contributed by atoms with van der Waals surface area (Å²) in [4.78, 5) is 34.0. The van der Waals surface area contributed by atoms with Crippen LogP contribution in [0.15, 0.2) is 12.1 Å². The summed E-state index contributed by atoms with van der Waals surface area (Å²) in [6, 6.07) is 1.59. The number of hydrogen-bond acceptors (Lipinski definition) is 8. The summed E-state index contributed by atoms with van der Waals surface area (Å²) in [5.74, 6) is -1.81. The van der Waals surface area contributed by atoms with Crippen LogP contribution >= 0.6 is 0 Å². The van der Waals surface area contributed by atoms with Gasteiger partial charge in [-0.05, 0) is 0 Å². The van der Waals surface area contributed by atoms with Crippen molar-refractivity contribution in [3.8, 4) is 5.75 Å². The Hall–Kier alpha value is -2.91. The Labute approximate surface area is 99.0 Å². The van der Waals surface area contributed by atoms with Crippen molar-refractivity contribution in [3.05, 3.63) is 32.4 Å². The number of nitrogens with one attached hydrogen (secondary N) is 1. The van der Waals surface area contributed by atoms with Crippen molar-refractivity contribution in [3.63, 3.8) is 0 Å². The van der Waals surface area contributed by atoms with E-state index in [0.717, 1.165) is 19.1 Å². The lowest BCUT2D eigenvalue weighted by molar-refractivity contribution is -0.396. The molecule has 0 spiro atoms. The number of carbonyl (C=O) groups excluding carboxylic acids is 1. The number of anilines is 1. The molecule has 0 heterocycles. The van der Waals surface area contributed by atoms with Gasteiger partial charge in [-0.15, -0.1) is 0 Å². The number of nitro groups is 2. The molecule has 0 aromatic heterocycles. The maximum atomic E-state index is 10.6. The zero-order valence-electron chi connectivity index (χ0n) is 8.95. The van der Waals surface area contributed by atoms with Crippen molar-refractivity contribution >= 4 is 23.0 Å². The third kappa shape index (κ3) is 2.81. The fourth-order valence-corrected chi connectivity index (χ4v) is 1.07. The van der Waals surface area contributed by atoms with Gasteiger partial charge in [0.1, 0.15) is 0 Å². The Morgan fingerprint density at radius 3 is 2.06 bits per heavy atom. The second kappa shape index (κ2) is 4.95. The molecule has 0 amide bonds. The van der Waals surface area contributed by atoms with Crippen molar-refractivity contribution < 1.29 is 24.6 Å². The van der Waals surface area contributed by atoms with Crippen LogP contribution in [0.25, 0.3) is 0 Å². The van der Waals surface area contributed by atoms with Crippen molar-refractivity contribution in [1.82, 2.24) is 0 Å². The van der Waals surface area contributed by atoms with Crippen LogP contribution in [0.5, 0.6) is 5.75 Å². The summed E-state index contributed by atoms with van der Waals surface area (Å²) < 4.78 is 0. The molecule has 0 unspecified atom stereocenters. The average molecular weight is 257 g/mol. The van der Waals surface area contributed by atoms with E-state index in [0.29, 0.717) is 0 Å². The molecule has 0 atom stereocenters. The summed E-state index contributed by atoms with van der Waals surface area (Å²) in [6.07, 6.45) is 0. The van der Waals surface area contributed by atoms with Gasteiger partial charge in [0.15, 0.2) is 0 Å². The van der Waals surface area contributed by atoms with Crippen molar-refractivity contribution in [2.45, 2.75) is 6.92 Å². The third-order valence-corrected chi connectivity index (χ3v) is 1.78. The Kier molecular flexibility index (Phi) is 3.62. The normalized spacial score (nSPS) is 9.61. The van der Waals surface area contributed by atoms with Crippen LogP contribution in [0, 0.1) is 20.2 Å². The topological polar surface area (TPSA) is 145 Å². The quantitative estimate of drug-likeness (QED) is 0.463. The van der Waals surface area contributed by atoms with Gasteiger partial charge < -0.3 is 9.94 Å². The second-order valence-electron chi connectivity index (χ2n) is 3.07. The third-order valence-electron chi connectivity index (χ3n) is 1.78. The zero-order valence-corrected chi connectivity index (χ0v) is 8.95. The van der Waals surface area contributed by atoms with Gasteiger partial charge >= 0.3 is 17.3 Å². The predicted octanol–water partition coefficient (Wildman–Crippen LogP) is 1.10. The SMILES string of the molecule is CC(=O)ONc1cc([N+](=O)[O-])c(O)c([N+](=O)[O-])c1. The molecule has 1 aromatic rings. The molecule has 0 aliphatic heterocycles. The van der Waals surface area contributed by atoms with E-state index >= 15 is 0 Å². The van der Waals surface area contributed by atoms with Gasteiger partial charge in [-0.25, -0.2) is 5.48 Å². The van der Waals surface area contributed by atoms with Gasteiger partial charge in [0.2, 0.25) is 0 Å². The van der Waals surface area contributed by atoms with Crippen LogP contribution in [-0.2, 0) is 9.63 Å². The zero-order chi connectivity index (χ0) is 13.9. The molecule has 10 nitrogen and oxygen atoms in total. The standard InChI is InChI=1S/C8H7N3O7/c1-4(12)18-9-5-2-6(10(14)15)8(13)7(3-5)11(16)17/h2-3,9,13H,1H3. The fourth-order valence-electron chi connectivity index (χ4n) is 1.07. The summed E-state index contributed by atoms with van der Waals surface area (Å²) >= 11 is 0. The summed E-state index contributed by atoms with van der Waals surface area (Å²) in [5, 5.41) is 30.5. The van der Waals surface area contributed by atoms with Crippen molar-refractivity contribution in [1.29, 1.82) is 0 Å². The Morgan fingerprint density at radius 1 is 1.28 bits per heavy atom. The van der Waals surface area contributed by atoms with E-state index in [9.17, 15) is 30.1 Å². The Morgan fingerprint density at radius 2 is 1.72 bits per heavy atom. The first kappa shape index (κ1) is 13.2. The maximum Gasteiger partial charge on any atom is 0.329 e. The predicted molar refractivity (Wildman–Crippen MR) is 56.8 cm³/mol. The van der Waals surface area contributed by atoms with Crippen LogP contribution < -0.4 is 5.48 Å². The first-order valence-electron chi connectivity index (χ1n) is 4.42. The van der Waals surface area contributed by atoms with E-state index < -0.39 is 32.9 Å². The monoisotopic (exact) mass is 257 g/mol. The molecule has 0 saturated carbocycles. The lowest BCUT2D eigenvalue weighted by Crippen LogP contribution is -2.07. The summed E-state index contributed by atoms with van der Waals surface area (Å²) in [7, 11) is 0. The Balaban J connectivity index is 3.24. The highest BCUT2D eigenvalue weighted by Gasteiger charge is 2.26. The molecule has 0 bridgehead atoms. The highest BCUT2D eigenvalue weighted by Crippen LogP contribution is 2.38. The first-order valence-corrected chi connectivity index (χ1v) is 4.42. The molecule has 1 rings (SSSR count). The van der Waals surface area contributed by atoms with E-state index in [1.807, 2.05) is 5.48 Å². The lowest BCUT2D eigenvalue weighted by Gasteiger charge is -2.05. The van der Waals surface area contributed by atoms with Crippen molar-refractivity contribution in [2.24, 2.45) is 0 Å². The molecule has 0 aliphatic rings. The fraction of sp³-hybridized carbons (Fsp3) is 0.125. The van der Waals surface area contributed by atoms with Gasteiger partial charge in [-0.2, -0.15) is 0 Å². The van der Waals surface area contributed by atoms with Gasteiger partial charge in [-0.1, -0.05) is 0 Å². The molecule has 0 fully saturated rings. The van der Waals surface area contributed by atoms with Crippen LogP contribution in [0.3, 0.4) is 0 Å². The first-order chi connectivity index (χ1) is 8.32. The van der Waals surface area contributed by atoms with Gasteiger partial charge in [0.05, 0.1) is 15.5 Å². The van der Waals surface area contributed by atoms with Crippen molar-refractivity contribution in [2.75, 3.05) is 5.48 Å². The Bertz CT molecular complexity index is 492. The van der Waals surface area contributed by atoms with Crippen LogP contribution in [0.4, 0.5) is 17.1 Å². The highest BCUT2D eigenvalue weighted by molar-refractivity contribution is 5.70. The molecule has 0 saturated heterocycles. The number of benzene rings is 1. The second-order valence-corrected chi connectivity index (χ2v) is 3.07. The molecular formula is C8H7N3O7. The largest absolute Gasteiger partial charge is 0.497 e. The summed E-state index contributed by atoms with van der Waals surface area (Å²) in [6.45, 7) is 1.07. The minimum absolute atomic E-state index is 0.207. The average Bonchev–Trinajstić information content (AvgIpc) is 2.26. The number of carbonyl (C=O) groups is 1. The van der Waals surface area contributed by atoms with E-state index in [1.165, 1.54) is 0 Å². The molecule has 2 N–H and O–H groups in total. The van der Waals surface area contributed by atoms with E-state index in [2.05, 4.69) is 4.84 Å². The molecule has 1 aromatic carbocycles. The van der Waals surface area contributed by atoms with Gasteiger partial charge in [0.25, 0.3) is 5.75 Å². The minimum atomic E-state index is -1.07. The number of phenolic OH excluding ortho intramolecular Hbond substituents is 1. The molecule has 96 valence electrons.